The van der Waals surface area contributed by atoms with Crippen molar-refractivity contribution in [2.24, 2.45) is 5.10 Å². The second kappa shape index (κ2) is 11.1. The van der Waals surface area contributed by atoms with Crippen LogP contribution >= 0.6 is 0 Å². The minimum atomic E-state index is -3.66. The molecule has 0 unspecified atom stereocenters. The Bertz CT molecular complexity index is 1590. The van der Waals surface area contributed by atoms with Gasteiger partial charge in [0, 0.05) is 17.0 Å². The molecule has 0 fully saturated rings. The lowest BCUT2D eigenvalue weighted by molar-refractivity contribution is 0.0955. The molecule has 0 saturated carbocycles. The van der Waals surface area contributed by atoms with Gasteiger partial charge in [0.2, 0.25) is 10.0 Å². The van der Waals surface area contributed by atoms with Crippen molar-refractivity contribution >= 4 is 27.8 Å². The number of para-hydroxylation sites is 2. The maximum absolute atomic E-state index is 13.2. The Morgan fingerprint density at radius 2 is 1.55 bits per heavy atom. The zero-order chi connectivity index (χ0) is 27.4. The number of aryl methyl sites for hydroxylation is 3. The Hall–Kier alpha value is -4.17. The molecule has 196 valence electrons. The van der Waals surface area contributed by atoms with Crippen molar-refractivity contribution in [3.8, 4) is 5.69 Å². The van der Waals surface area contributed by atoms with Crippen LogP contribution in [0.4, 0.5) is 5.69 Å². The SMILES string of the molecule is Cc1cccc(C)c1-n1c(C)cc(C=NNC(=O)c2ccccc2N(Cc2ccccc2)S(C)(=O)=O)c1C. The van der Waals surface area contributed by atoms with Gasteiger partial charge in [-0.15, -0.1) is 0 Å². The van der Waals surface area contributed by atoms with Crippen LogP contribution in [-0.2, 0) is 16.6 Å². The summed E-state index contributed by atoms with van der Waals surface area (Å²) in [7, 11) is -3.66. The number of hydrazone groups is 1. The molecule has 0 aliphatic rings. The third-order valence-electron chi connectivity index (χ3n) is 6.49. The quantitative estimate of drug-likeness (QED) is 0.244. The number of nitrogens with zero attached hydrogens (tertiary/aromatic N) is 3. The standard InChI is InChI=1S/C30H32N4O3S/c1-21-12-11-13-22(2)29(21)34-23(3)18-26(24(34)4)19-31-32-30(35)27-16-9-10-17-28(27)33(38(5,36)37)20-25-14-7-6-8-15-25/h6-19H,20H2,1-5H3,(H,32,35). The van der Waals surface area contributed by atoms with Crippen LogP contribution < -0.4 is 9.73 Å². The van der Waals surface area contributed by atoms with Gasteiger partial charge in [0.25, 0.3) is 5.91 Å². The van der Waals surface area contributed by atoms with E-state index in [4.69, 9.17) is 0 Å². The topological polar surface area (TPSA) is 83.8 Å². The average molecular weight is 529 g/mol. The molecule has 1 aromatic heterocycles. The van der Waals surface area contributed by atoms with Crippen molar-refractivity contribution in [1.29, 1.82) is 0 Å². The van der Waals surface area contributed by atoms with Gasteiger partial charge in [0.15, 0.2) is 0 Å². The van der Waals surface area contributed by atoms with E-state index < -0.39 is 15.9 Å². The molecule has 38 heavy (non-hydrogen) atoms. The lowest BCUT2D eigenvalue weighted by Crippen LogP contribution is -2.32. The van der Waals surface area contributed by atoms with Gasteiger partial charge in [-0.1, -0.05) is 60.7 Å². The second-order valence-electron chi connectivity index (χ2n) is 9.37. The van der Waals surface area contributed by atoms with Gasteiger partial charge in [-0.2, -0.15) is 5.10 Å². The molecule has 0 bridgehead atoms. The number of hydrogen-bond donors (Lipinski definition) is 1. The van der Waals surface area contributed by atoms with E-state index in [0.717, 1.165) is 34.5 Å². The second-order valence-corrected chi connectivity index (χ2v) is 11.3. The summed E-state index contributed by atoms with van der Waals surface area (Å²) < 4.78 is 28.8. The van der Waals surface area contributed by atoms with E-state index in [2.05, 4.69) is 41.1 Å². The zero-order valence-corrected chi connectivity index (χ0v) is 23.1. The van der Waals surface area contributed by atoms with Crippen molar-refractivity contribution in [2.45, 2.75) is 34.2 Å². The van der Waals surface area contributed by atoms with Gasteiger partial charge in [-0.25, -0.2) is 13.8 Å². The summed E-state index contributed by atoms with van der Waals surface area (Å²) in [5, 5.41) is 4.21. The molecule has 0 aliphatic heterocycles. The van der Waals surface area contributed by atoms with E-state index in [1.165, 1.54) is 15.4 Å². The first kappa shape index (κ1) is 26.9. The van der Waals surface area contributed by atoms with E-state index in [9.17, 15) is 13.2 Å². The third-order valence-corrected chi connectivity index (χ3v) is 7.62. The molecule has 4 aromatic rings. The molecule has 1 amide bonds. The largest absolute Gasteiger partial charge is 0.317 e. The number of benzene rings is 3. The number of carbonyl (C=O) groups is 1. The first-order valence-corrected chi connectivity index (χ1v) is 14.1. The predicted octanol–water partition coefficient (Wildman–Crippen LogP) is 5.44. The third kappa shape index (κ3) is 5.70. The molecule has 0 spiro atoms. The summed E-state index contributed by atoms with van der Waals surface area (Å²) in [5.74, 6) is -0.498. The fraction of sp³-hybridized carbons (Fsp3) is 0.200. The van der Waals surface area contributed by atoms with Crippen LogP contribution in [0.3, 0.4) is 0 Å². The highest BCUT2D eigenvalue weighted by atomic mass is 32.2. The molecule has 1 heterocycles. The number of aromatic nitrogens is 1. The van der Waals surface area contributed by atoms with Gasteiger partial charge in [-0.3, -0.25) is 9.10 Å². The molecule has 0 radical (unpaired) electrons. The number of carbonyl (C=O) groups excluding carboxylic acids is 1. The van der Waals surface area contributed by atoms with E-state index >= 15 is 0 Å². The zero-order valence-electron chi connectivity index (χ0n) is 22.3. The van der Waals surface area contributed by atoms with E-state index in [-0.39, 0.29) is 12.1 Å². The summed E-state index contributed by atoms with van der Waals surface area (Å²) in [6, 6.07) is 24.1. The van der Waals surface area contributed by atoms with Crippen LogP contribution in [0.5, 0.6) is 0 Å². The van der Waals surface area contributed by atoms with Crippen molar-refractivity contribution in [1.82, 2.24) is 9.99 Å². The van der Waals surface area contributed by atoms with Crippen LogP contribution in [0.25, 0.3) is 5.69 Å². The van der Waals surface area contributed by atoms with Crippen LogP contribution in [0.2, 0.25) is 0 Å². The summed E-state index contributed by atoms with van der Waals surface area (Å²) in [4.78, 5) is 13.2. The molecule has 1 N–H and O–H groups in total. The Labute approximate surface area is 224 Å². The first-order valence-electron chi connectivity index (χ1n) is 12.3. The maximum atomic E-state index is 13.2. The van der Waals surface area contributed by atoms with Crippen molar-refractivity contribution in [3.05, 3.63) is 118 Å². The van der Waals surface area contributed by atoms with Crippen LogP contribution in [0.1, 0.15) is 44.0 Å². The number of amides is 1. The monoisotopic (exact) mass is 528 g/mol. The van der Waals surface area contributed by atoms with Gasteiger partial charge in [0.1, 0.15) is 0 Å². The molecule has 8 heteroatoms. The Balaban J connectivity index is 1.60. The minimum Gasteiger partial charge on any atom is -0.317 e. The number of nitrogens with one attached hydrogen (secondary N) is 1. The van der Waals surface area contributed by atoms with Crippen LogP contribution in [0, 0.1) is 27.7 Å². The predicted molar refractivity (Wildman–Crippen MR) is 154 cm³/mol. The fourth-order valence-electron chi connectivity index (χ4n) is 4.65. The number of rotatable bonds is 8. The average Bonchev–Trinajstić information content (AvgIpc) is 3.15. The fourth-order valence-corrected chi connectivity index (χ4v) is 5.55. The van der Waals surface area contributed by atoms with E-state index in [1.54, 1.807) is 30.5 Å². The molecule has 0 atom stereocenters. The summed E-state index contributed by atoms with van der Waals surface area (Å²) in [6.45, 7) is 8.34. The summed E-state index contributed by atoms with van der Waals surface area (Å²) in [5.41, 5.74) is 10.3. The van der Waals surface area contributed by atoms with Gasteiger partial charge in [0.05, 0.1) is 36.0 Å². The van der Waals surface area contributed by atoms with E-state index in [1.807, 2.05) is 56.3 Å². The van der Waals surface area contributed by atoms with E-state index in [0.29, 0.717) is 5.69 Å². The highest BCUT2D eigenvalue weighted by Crippen LogP contribution is 2.26. The highest BCUT2D eigenvalue weighted by molar-refractivity contribution is 7.92. The molecular formula is C30H32N4O3S. The Morgan fingerprint density at radius 3 is 2.21 bits per heavy atom. The number of sulfonamides is 1. The number of hydrogen-bond acceptors (Lipinski definition) is 4. The maximum Gasteiger partial charge on any atom is 0.273 e. The van der Waals surface area contributed by atoms with Gasteiger partial charge >= 0.3 is 0 Å². The van der Waals surface area contributed by atoms with Crippen molar-refractivity contribution < 1.29 is 13.2 Å². The molecule has 0 aliphatic carbocycles. The first-order chi connectivity index (χ1) is 18.1. The number of anilines is 1. The highest BCUT2D eigenvalue weighted by Gasteiger charge is 2.23. The molecule has 0 saturated heterocycles. The van der Waals surface area contributed by atoms with Crippen molar-refractivity contribution in [2.75, 3.05) is 10.6 Å². The summed E-state index contributed by atoms with van der Waals surface area (Å²) in [6.07, 6.45) is 2.75. The van der Waals surface area contributed by atoms with Crippen molar-refractivity contribution in [3.63, 3.8) is 0 Å². The molecule has 4 rings (SSSR count). The van der Waals surface area contributed by atoms with Gasteiger partial charge < -0.3 is 4.57 Å². The molecule has 3 aromatic carbocycles. The summed E-state index contributed by atoms with van der Waals surface area (Å²) >= 11 is 0. The smallest absolute Gasteiger partial charge is 0.273 e. The van der Waals surface area contributed by atoms with Gasteiger partial charge in [-0.05, 0) is 62.6 Å². The molecule has 7 nitrogen and oxygen atoms in total. The minimum absolute atomic E-state index is 0.109. The van der Waals surface area contributed by atoms with Crippen LogP contribution in [-0.4, -0.2) is 31.4 Å². The van der Waals surface area contributed by atoms with Crippen LogP contribution in [0.15, 0.2) is 84.0 Å². The normalized spacial score (nSPS) is 11.6. The lowest BCUT2D eigenvalue weighted by atomic mass is 10.1. The lowest BCUT2D eigenvalue weighted by Gasteiger charge is -2.24. The Morgan fingerprint density at radius 1 is 0.921 bits per heavy atom. The Kier molecular flexibility index (Phi) is 7.83. The molecular weight excluding hydrogens is 496 g/mol.